The summed E-state index contributed by atoms with van der Waals surface area (Å²) in [6, 6.07) is 2.84. The average Bonchev–Trinajstić information content (AvgIpc) is 2.85. The highest BCUT2D eigenvalue weighted by atomic mass is 79.9. The Labute approximate surface area is 140 Å². The Morgan fingerprint density at radius 2 is 2.05 bits per heavy atom. The van der Waals surface area contributed by atoms with Crippen LogP contribution < -0.4 is 10.5 Å². The summed E-state index contributed by atoms with van der Waals surface area (Å²) >= 11 is 6.68. The molecule has 0 amide bonds. The van der Waals surface area contributed by atoms with Gasteiger partial charge in [0.15, 0.2) is 0 Å². The third-order valence-electron chi connectivity index (χ3n) is 4.24. The zero-order valence-corrected chi connectivity index (χ0v) is 15.3. The van der Waals surface area contributed by atoms with Crippen LogP contribution >= 0.6 is 31.9 Å². The number of ether oxygens (including phenoxy) is 1. The fourth-order valence-corrected chi connectivity index (χ4v) is 5.93. The topological polar surface area (TPSA) is 81.4 Å². The molecule has 1 saturated carbocycles. The lowest BCUT2D eigenvalue weighted by Crippen LogP contribution is -2.68. The van der Waals surface area contributed by atoms with Gasteiger partial charge in [0, 0.05) is 27.5 Å². The molecular formula is C13H16Br2N2O3S. The predicted molar refractivity (Wildman–Crippen MR) is 86.5 cm³/mol. The molecule has 116 valence electrons. The van der Waals surface area contributed by atoms with Crippen LogP contribution in [0.25, 0.3) is 0 Å². The van der Waals surface area contributed by atoms with Gasteiger partial charge < -0.3 is 10.5 Å². The molecule has 0 radical (unpaired) electrons. The first kappa shape index (κ1) is 15.9. The SMILES string of the molecule is Cc1cc(Br)c(S(=O)(=O)NC2C(N)C3CCOC32)cc1Br. The van der Waals surface area contributed by atoms with Crippen LogP contribution in [0.2, 0.25) is 0 Å². The number of nitrogens with one attached hydrogen (secondary N) is 1. The molecule has 1 aromatic carbocycles. The Morgan fingerprint density at radius 1 is 1.33 bits per heavy atom. The third kappa shape index (κ3) is 2.70. The van der Waals surface area contributed by atoms with Gasteiger partial charge in [-0.15, -0.1) is 0 Å². The van der Waals surface area contributed by atoms with Gasteiger partial charge in [0.05, 0.1) is 17.0 Å². The van der Waals surface area contributed by atoms with Gasteiger partial charge >= 0.3 is 0 Å². The minimum Gasteiger partial charge on any atom is -0.376 e. The molecule has 1 heterocycles. The Kier molecular flexibility index (Phi) is 4.22. The van der Waals surface area contributed by atoms with Crippen LogP contribution in [0.3, 0.4) is 0 Å². The largest absolute Gasteiger partial charge is 0.376 e. The molecule has 3 N–H and O–H groups in total. The van der Waals surface area contributed by atoms with Gasteiger partial charge in [0.25, 0.3) is 0 Å². The number of benzene rings is 1. The van der Waals surface area contributed by atoms with Gasteiger partial charge in [-0.2, -0.15) is 0 Å². The first-order valence-corrected chi connectivity index (χ1v) is 9.73. The first-order chi connectivity index (χ1) is 9.81. The van der Waals surface area contributed by atoms with Crippen molar-refractivity contribution in [3.63, 3.8) is 0 Å². The average molecular weight is 440 g/mol. The Hall–Kier alpha value is 0.01000. The van der Waals surface area contributed by atoms with E-state index in [1.807, 2.05) is 6.92 Å². The summed E-state index contributed by atoms with van der Waals surface area (Å²) in [5.41, 5.74) is 7.02. The lowest BCUT2D eigenvalue weighted by atomic mass is 9.73. The van der Waals surface area contributed by atoms with Crippen molar-refractivity contribution >= 4 is 41.9 Å². The van der Waals surface area contributed by atoms with E-state index in [0.717, 1.165) is 16.5 Å². The van der Waals surface area contributed by atoms with Crippen LogP contribution in [0.4, 0.5) is 0 Å². The molecule has 4 atom stereocenters. The van der Waals surface area contributed by atoms with Crippen molar-refractivity contribution in [2.45, 2.75) is 36.4 Å². The number of rotatable bonds is 3. The predicted octanol–water partition coefficient (Wildman–Crippen LogP) is 1.91. The van der Waals surface area contributed by atoms with Crippen molar-refractivity contribution < 1.29 is 13.2 Å². The van der Waals surface area contributed by atoms with Crippen molar-refractivity contribution in [3.8, 4) is 0 Å². The fraction of sp³-hybridized carbons (Fsp3) is 0.538. The van der Waals surface area contributed by atoms with Gasteiger partial charge in [0.1, 0.15) is 0 Å². The maximum atomic E-state index is 12.6. The molecule has 0 aromatic heterocycles. The van der Waals surface area contributed by atoms with E-state index < -0.39 is 10.0 Å². The molecule has 5 nitrogen and oxygen atoms in total. The fourth-order valence-electron chi connectivity index (χ4n) is 2.97. The van der Waals surface area contributed by atoms with Crippen LogP contribution in [-0.4, -0.2) is 33.2 Å². The zero-order chi connectivity index (χ0) is 15.4. The molecule has 1 aliphatic heterocycles. The smallest absolute Gasteiger partial charge is 0.242 e. The second-order valence-electron chi connectivity index (χ2n) is 5.54. The zero-order valence-electron chi connectivity index (χ0n) is 11.3. The van der Waals surface area contributed by atoms with Gasteiger partial charge in [0.2, 0.25) is 10.0 Å². The molecule has 1 aliphatic carbocycles. The van der Waals surface area contributed by atoms with E-state index in [0.29, 0.717) is 11.1 Å². The molecular weight excluding hydrogens is 424 g/mol. The molecule has 2 fully saturated rings. The van der Waals surface area contributed by atoms with E-state index in [9.17, 15) is 8.42 Å². The number of sulfonamides is 1. The Morgan fingerprint density at radius 3 is 2.76 bits per heavy atom. The van der Waals surface area contributed by atoms with E-state index in [1.54, 1.807) is 12.1 Å². The number of fused-ring (bicyclic) bond motifs is 1. The van der Waals surface area contributed by atoms with Crippen LogP contribution in [0, 0.1) is 12.8 Å². The van der Waals surface area contributed by atoms with E-state index in [1.165, 1.54) is 0 Å². The monoisotopic (exact) mass is 438 g/mol. The standard InChI is InChI=1S/C13H16Br2N2O3S/c1-6-4-9(15)10(5-8(6)14)21(18,19)17-12-11(16)7-2-3-20-13(7)12/h4-5,7,11-13,17H,2-3,16H2,1H3. The maximum Gasteiger partial charge on any atom is 0.242 e. The van der Waals surface area contributed by atoms with E-state index in [2.05, 4.69) is 36.6 Å². The van der Waals surface area contributed by atoms with Crippen LogP contribution in [0.15, 0.2) is 26.0 Å². The second kappa shape index (κ2) is 5.58. The first-order valence-electron chi connectivity index (χ1n) is 6.66. The number of hydrogen-bond acceptors (Lipinski definition) is 4. The molecule has 4 unspecified atom stereocenters. The minimum atomic E-state index is -3.65. The molecule has 1 aromatic rings. The number of aryl methyl sites for hydroxylation is 1. The lowest BCUT2D eigenvalue weighted by Gasteiger charge is -2.45. The molecule has 0 spiro atoms. The van der Waals surface area contributed by atoms with Gasteiger partial charge in [-0.25, -0.2) is 13.1 Å². The van der Waals surface area contributed by atoms with Crippen molar-refractivity contribution in [3.05, 3.63) is 26.6 Å². The molecule has 1 saturated heterocycles. The number of nitrogens with two attached hydrogens (primary N) is 1. The Bertz CT molecular complexity index is 680. The van der Waals surface area contributed by atoms with E-state index in [4.69, 9.17) is 10.5 Å². The second-order valence-corrected chi connectivity index (χ2v) is 8.94. The van der Waals surface area contributed by atoms with Gasteiger partial charge in [-0.3, -0.25) is 0 Å². The molecule has 8 heteroatoms. The summed E-state index contributed by atoms with van der Waals surface area (Å²) in [6.07, 6.45) is 0.812. The molecule has 3 rings (SSSR count). The normalized spacial score (nSPS) is 31.8. The number of halogens is 2. The van der Waals surface area contributed by atoms with Crippen LogP contribution in [0.1, 0.15) is 12.0 Å². The Balaban J connectivity index is 1.86. The summed E-state index contributed by atoms with van der Waals surface area (Å²) in [7, 11) is -3.65. The summed E-state index contributed by atoms with van der Waals surface area (Å²) in [4.78, 5) is 0.202. The molecule has 2 aliphatic rings. The van der Waals surface area contributed by atoms with Gasteiger partial charge in [-0.05, 0) is 47.0 Å². The highest BCUT2D eigenvalue weighted by Crippen LogP contribution is 2.39. The lowest BCUT2D eigenvalue weighted by molar-refractivity contribution is -0.00924. The number of hydrogen-bond donors (Lipinski definition) is 2. The van der Waals surface area contributed by atoms with E-state index in [-0.39, 0.29) is 29.0 Å². The summed E-state index contributed by atoms with van der Waals surface area (Å²) in [5.74, 6) is 0.269. The van der Waals surface area contributed by atoms with Gasteiger partial charge in [-0.1, -0.05) is 15.9 Å². The summed E-state index contributed by atoms with van der Waals surface area (Å²) in [6.45, 7) is 2.55. The maximum absolute atomic E-state index is 12.6. The van der Waals surface area contributed by atoms with Crippen molar-refractivity contribution in [1.29, 1.82) is 0 Å². The molecule has 0 bridgehead atoms. The van der Waals surface area contributed by atoms with E-state index >= 15 is 0 Å². The highest BCUT2D eigenvalue weighted by Gasteiger charge is 2.53. The van der Waals surface area contributed by atoms with Crippen molar-refractivity contribution in [2.24, 2.45) is 11.7 Å². The molecule has 21 heavy (non-hydrogen) atoms. The quantitative estimate of drug-likeness (QED) is 0.753. The van der Waals surface area contributed by atoms with Crippen molar-refractivity contribution in [2.75, 3.05) is 6.61 Å². The van der Waals surface area contributed by atoms with Crippen LogP contribution in [0.5, 0.6) is 0 Å². The minimum absolute atomic E-state index is 0.0950. The summed E-state index contributed by atoms with van der Waals surface area (Å²) < 4.78 is 34.7. The third-order valence-corrected chi connectivity index (χ3v) is 7.51. The summed E-state index contributed by atoms with van der Waals surface area (Å²) in [5, 5.41) is 0. The van der Waals surface area contributed by atoms with Crippen molar-refractivity contribution in [1.82, 2.24) is 4.72 Å². The highest BCUT2D eigenvalue weighted by molar-refractivity contribution is 9.11. The van der Waals surface area contributed by atoms with Crippen LogP contribution in [-0.2, 0) is 14.8 Å².